The van der Waals surface area contributed by atoms with Gasteiger partial charge in [-0.15, -0.1) is 11.8 Å². The number of thioether (sulfide) groups is 1. The van der Waals surface area contributed by atoms with E-state index in [2.05, 4.69) is 39.1 Å². The molecule has 23 heavy (non-hydrogen) atoms. The zero-order valence-electron chi connectivity index (χ0n) is 14.0. The Morgan fingerprint density at radius 2 is 1.70 bits per heavy atom. The fraction of sp³-hybridized carbons (Fsp3) is 0.556. The monoisotopic (exact) mass is 372 g/mol. The molecule has 1 aromatic rings. The number of thiol groups is 2. The SMILES string of the molecule is CCCCC(C=O)Sc1ccccc1.CCCCC(S)(S)C=O. The van der Waals surface area contributed by atoms with E-state index in [1.807, 2.05) is 30.3 Å². The maximum Gasteiger partial charge on any atom is 0.145 e. The second-order valence-corrected chi connectivity index (χ2v) is 8.61. The Balaban J connectivity index is 0.000000468. The summed E-state index contributed by atoms with van der Waals surface area (Å²) in [7, 11) is 0. The predicted octanol–water partition coefficient (Wildman–Crippen LogP) is 5.47. The molecule has 0 spiro atoms. The molecule has 0 aliphatic carbocycles. The molecular weight excluding hydrogens is 344 g/mol. The van der Waals surface area contributed by atoms with Crippen LogP contribution in [0.1, 0.15) is 52.4 Å². The van der Waals surface area contributed by atoms with E-state index in [0.717, 1.165) is 51.1 Å². The number of benzene rings is 1. The van der Waals surface area contributed by atoms with Crippen LogP contribution in [0, 0.1) is 0 Å². The van der Waals surface area contributed by atoms with Gasteiger partial charge in [-0.3, -0.25) is 0 Å². The van der Waals surface area contributed by atoms with Crippen molar-refractivity contribution in [1.29, 1.82) is 0 Å². The van der Waals surface area contributed by atoms with Crippen LogP contribution in [-0.4, -0.2) is 21.9 Å². The van der Waals surface area contributed by atoms with Crippen LogP contribution in [0.15, 0.2) is 35.2 Å². The molecule has 0 amide bonds. The van der Waals surface area contributed by atoms with Crippen LogP contribution in [0.2, 0.25) is 0 Å². The molecule has 0 saturated carbocycles. The van der Waals surface area contributed by atoms with Crippen LogP contribution >= 0.6 is 37.0 Å². The van der Waals surface area contributed by atoms with Crippen molar-refractivity contribution in [3.8, 4) is 0 Å². The molecule has 0 radical (unpaired) electrons. The van der Waals surface area contributed by atoms with Gasteiger partial charge in [0, 0.05) is 4.90 Å². The normalized spacial score (nSPS) is 12.0. The highest BCUT2D eigenvalue weighted by Gasteiger charge is 2.16. The van der Waals surface area contributed by atoms with E-state index < -0.39 is 4.08 Å². The number of hydrogen-bond donors (Lipinski definition) is 2. The van der Waals surface area contributed by atoms with Gasteiger partial charge in [0.15, 0.2) is 0 Å². The second-order valence-electron chi connectivity index (χ2n) is 5.35. The first-order chi connectivity index (χ1) is 11.0. The van der Waals surface area contributed by atoms with Gasteiger partial charge in [-0.2, -0.15) is 25.3 Å². The first kappa shape index (κ1) is 22.6. The van der Waals surface area contributed by atoms with Crippen molar-refractivity contribution in [2.45, 2.75) is 66.6 Å². The first-order valence-corrected chi connectivity index (χ1v) is 9.84. The second kappa shape index (κ2) is 14.0. The number of carbonyl (C=O) groups excluding carboxylic acids is 2. The van der Waals surface area contributed by atoms with Gasteiger partial charge in [0.2, 0.25) is 0 Å². The summed E-state index contributed by atoms with van der Waals surface area (Å²) in [6.07, 6.45) is 7.94. The lowest BCUT2D eigenvalue weighted by atomic mass is 10.2. The van der Waals surface area contributed by atoms with Crippen LogP contribution in [-0.2, 0) is 9.59 Å². The molecule has 1 rings (SSSR count). The van der Waals surface area contributed by atoms with Gasteiger partial charge in [-0.05, 0) is 25.0 Å². The Hall–Kier alpha value is -0.390. The molecule has 130 valence electrons. The third-order valence-electron chi connectivity index (χ3n) is 3.11. The van der Waals surface area contributed by atoms with Crippen LogP contribution in [0.3, 0.4) is 0 Å². The quantitative estimate of drug-likeness (QED) is 0.247. The molecule has 5 heteroatoms. The summed E-state index contributed by atoms with van der Waals surface area (Å²) in [5.74, 6) is 0. The van der Waals surface area contributed by atoms with Gasteiger partial charge in [0.05, 0.1) is 5.25 Å². The number of carbonyl (C=O) groups is 2. The Morgan fingerprint density at radius 3 is 2.17 bits per heavy atom. The summed E-state index contributed by atoms with van der Waals surface area (Å²) in [5.41, 5.74) is 0. The molecule has 1 aromatic carbocycles. The van der Waals surface area contributed by atoms with E-state index in [4.69, 9.17) is 0 Å². The average molecular weight is 373 g/mol. The van der Waals surface area contributed by atoms with Crippen LogP contribution in [0.4, 0.5) is 0 Å². The lowest BCUT2D eigenvalue weighted by Crippen LogP contribution is -2.13. The van der Waals surface area contributed by atoms with E-state index in [0.29, 0.717) is 0 Å². The van der Waals surface area contributed by atoms with Crippen molar-refractivity contribution in [3.63, 3.8) is 0 Å². The van der Waals surface area contributed by atoms with Crippen molar-refractivity contribution >= 4 is 49.6 Å². The molecule has 0 bridgehead atoms. The van der Waals surface area contributed by atoms with Crippen molar-refractivity contribution in [2.75, 3.05) is 0 Å². The van der Waals surface area contributed by atoms with Crippen LogP contribution in [0.25, 0.3) is 0 Å². The summed E-state index contributed by atoms with van der Waals surface area (Å²) < 4.78 is -0.698. The van der Waals surface area contributed by atoms with E-state index in [1.54, 1.807) is 11.8 Å². The van der Waals surface area contributed by atoms with Gasteiger partial charge < -0.3 is 9.59 Å². The summed E-state index contributed by atoms with van der Waals surface area (Å²) in [6, 6.07) is 10.1. The molecule has 1 atom stereocenters. The summed E-state index contributed by atoms with van der Waals surface area (Å²) in [5, 5.41) is 0.123. The lowest BCUT2D eigenvalue weighted by molar-refractivity contribution is -0.108. The van der Waals surface area contributed by atoms with E-state index in [9.17, 15) is 9.59 Å². The molecule has 0 fully saturated rings. The minimum Gasteiger partial charge on any atom is -0.302 e. The first-order valence-electron chi connectivity index (χ1n) is 8.07. The number of unbranched alkanes of at least 4 members (excludes halogenated alkanes) is 2. The molecule has 0 aromatic heterocycles. The van der Waals surface area contributed by atoms with Gasteiger partial charge in [-0.25, -0.2) is 0 Å². The summed E-state index contributed by atoms with van der Waals surface area (Å²) in [6.45, 7) is 4.22. The Morgan fingerprint density at radius 1 is 1.09 bits per heavy atom. The highest BCUT2D eigenvalue weighted by atomic mass is 32.2. The maximum absolute atomic E-state index is 10.8. The van der Waals surface area contributed by atoms with Gasteiger partial charge in [-0.1, -0.05) is 57.7 Å². The van der Waals surface area contributed by atoms with Gasteiger partial charge in [0.25, 0.3) is 0 Å². The van der Waals surface area contributed by atoms with Crippen LogP contribution in [0.5, 0.6) is 0 Å². The third kappa shape index (κ3) is 12.7. The molecule has 0 aliphatic heterocycles. The molecule has 2 nitrogen and oxygen atoms in total. The standard InChI is InChI=1S/C12H16OS.C6H12OS2/c1-2-3-7-12(10-13)14-11-8-5-4-6-9-11;1-2-3-4-6(8,9)5-7/h4-6,8-10,12H,2-3,7H2,1H3;5,8-9H,2-4H2,1H3. The van der Waals surface area contributed by atoms with E-state index in [1.165, 1.54) is 4.90 Å². The minimum atomic E-state index is -0.698. The summed E-state index contributed by atoms with van der Waals surface area (Å²) in [4.78, 5) is 22.2. The Labute approximate surface area is 156 Å². The average Bonchev–Trinajstić information content (AvgIpc) is 2.58. The minimum absolute atomic E-state index is 0.123. The molecule has 0 heterocycles. The van der Waals surface area contributed by atoms with Crippen molar-refractivity contribution in [2.24, 2.45) is 0 Å². The number of aldehydes is 2. The molecule has 0 saturated heterocycles. The smallest absolute Gasteiger partial charge is 0.145 e. The van der Waals surface area contributed by atoms with Crippen molar-refractivity contribution < 1.29 is 9.59 Å². The molecule has 0 N–H and O–H groups in total. The third-order valence-corrected chi connectivity index (χ3v) is 4.96. The lowest BCUT2D eigenvalue weighted by Gasteiger charge is -2.12. The topological polar surface area (TPSA) is 34.1 Å². The summed E-state index contributed by atoms with van der Waals surface area (Å²) >= 11 is 9.69. The van der Waals surface area contributed by atoms with E-state index in [-0.39, 0.29) is 5.25 Å². The highest BCUT2D eigenvalue weighted by molar-refractivity contribution is 8.01. The fourth-order valence-electron chi connectivity index (χ4n) is 1.73. The molecular formula is C18H28O2S3. The van der Waals surface area contributed by atoms with Gasteiger partial charge >= 0.3 is 0 Å². The van der Waals surface area contributed by atoms with Crippen LogP contribution < -0.4 is 0 Å². The maximum atomic E-state index is 10.8. The number of rotatable bonds is 10. The molecule has 0 aliphatic rings. The number of hydrogen-bond acceptors (Lipinski definition) is 5. The fourth-order valence-corrected chi connectivity index (χ4v) is 3.05. The highest BCUT2D eigenvalue weighted by Crippen LogP contribution is 2.25. The zero-order valence-corrected chi connectivity index (χ0v) is 16.6. The van der Waals surface area contributed by atoms with Gasteiger partial charge in [0.1, 0.15) is 16.7 Å². The zero-order chi connectivity index (χ0) is 17.6. The van der Waals surface area contributed by atoms with E-state index >= 15 is 0 Å². The largest absolute Gasteiger partial charge is 0.302 e. The molecule has 1 unspecified atom stereocenters. The van der Waals surface area contributed by atoms with Crippen molar-refractivity contribution in [3.05, 3.63) is 30.3 Å². The Kier molecular flexibility index (Phi) is 13.8. The van der Waals surface area contributed by atoms with Crippen molar-refractivity contribution in [1.82, 2.24) is 0 Å². The predicted molar refractivity (Wildman–Crippen MR) is 108 cm³/mol. The Bertz CT molecular complexity index is 422.